The van der Waals surface area contributed by atoms with Crippen molar-refractivity contribution < 1.29 is 9.53 Å². The van der Waals surface area contributed by atoms with E-state index in [4.69, 9.17) is 4.74 Å². The number of carbonyl (C=O) groups is 1. The number of hydrogen-bond acceptors (Lipinski definition) is 2. The first kappa shape index (κ1) is 22.9. The molecule has 23 heavy (non-hydrogen) atoms. The molecular weight excluding hydrogens is 352 g/mol. The van der Waals surface area contributed by atoms with Gasteiger partial charge in [-0.25, -0.2) is 0 Å². The molecule has 0 fully saturated rings. The van der Waals surface area contributed by atoms with Crippen LogP contribution >= 0.6 is 15.9 Å². The summed E-state index contributed by atoms with van der Waals surface area (Å²) < 4.78 is 5.68. The van der Waals surface area contributed by atoms with Crippen LogP contribution in [0.5, 0.6) is 0 Å². The number of unbranched alkanes of at least 4 members (excludes halogenated alkanes) is 9. The van der Waals surface area contributed by atoms with Gasteiger partial charge in [-0.3, -0.25) is 4.79 Å². The van der Waals surface area contributed by atoms with E-state index in [2.05, 4.69) is 29.8 Å². The minimum absolute atomic E-state index is 0.0117. The van der Waals surface area contributed by atoms with E-state index < -0.39 is 0 Å². The van der Waals surface area contributed by atoms with Crippen molar-refractivity contribution in [3.8, 4) is 0 Å². The molecule has 0 aliphatic heterocycles. The third kappa shape index (κ3) is 16.6. The minimum atomic E-state index is 0.0117. The molecule has 2 nitrogen and oxygen atoms in total. The molecule has 0 saturated carbocycles. The normalized spacial score (nSPS) is 12.3. The zero-order chi connectivity index (χ0) is 17.2. The lowest BCUT2D eigenvalue weighted by Gasteiger charge is -2.17. The number of alkyl halides is 1. The molecule has 0 aliphatic carbocycles. The first-order valence-corrected chi connectivity index (χ1v) is 11.1. The Bertz CT molecular complexity index is 256. The van der Waals surface area contributed by atoms with Gasteiger partial charge < -0.3 is 4.74 Å². The first-order chi connectivity index (χ1) is 11.2. The highest BCUT2D eigenvalue weighted by atomic mass is 79.9. The fourth-order valence-corrected chi connectivity index (χ4v) is 3.27. The number of rotatable bonds is 17. The lowest BCUT2D eigenvalue weighted by atomic mass is 10.0. The largest absolute Gasteiger partial charge is 0.462 e. The zero-order valence-electron chi connectivity index (χ0n) is 15.6. The molecule has 1 unspecified atom stereocenters. The standard InChI is InChI=1S/C20H39BrO2/c1-3-5-6-7-8-9-10-12-16-19(15-4-2)23-20(22)17-13-11-14-18-21/h19H,3-18H2,1-2H3. The molecular formula is C20H39BrO2. The maximum absolute atomic E-state index is 11.9. The van der Waals surface area contributed by atoms with E-state index in [1.807, 2.05) is 0 Å². The molecule has 0 bridgehead atoms. The third-order valence-electron chi connectivity index (χ3n) is 4.30. The van der Waals surface area contributed by atoms with E-state index in [9.17, 15) is 4.79 Å². The number of hydrogen-bond donors (Lipinski definition) is 0. The predicted molar refractivity (Wildman–Crippen MR) is 104 cm³/mol. The maximum atomic E-state index is 11.9. The van der Waals surface area contributed by atoms with Crippen LogP contribution in [0.15, 0.2) is 0 Å². The van der Waals surface area contributed by atoms with Gasteiger partial charge in [0.05, 0.1) is 0 Å². The van der Waals surface area contributed by atoms with Gasteiger partial charge in [0, 0.05) is 11.8 Å². The summed E-state index contributed by atoms with van der Waals surface area (Å²) in [4.78, 5) is 11.9. The van der Waals surface area contributed by atoms with Crippen molar-refractivity contribution >= 4 is 21.9 Å². The van der Waals surface area contributed by atoms with Crippen molar-refractivity contribution in [1.29, 1.82) is 0 Å². The van der Waals surface area contributed by atoms with Gasteiger partial charge in [0.2, 0.25) is 0 Å². The van der Waals surface area contributed by atoms with E-state index in [0.717, 1.165) is 43.9 Å². The van der Waals surface area contributed by atoms with Crippen LogP contribution in [0.4, 0.5) is 0 Å². The summed E-state index contributed by atoms with van der Waals surface area (Å²) in [5.74, 6) is 0.0117. The first-order valence-electron chi connectivity index (χ1n) is 10.00. The van der Waals surface area contributed by atoms with Crippen LogP contribution in [0.2, 0.25) is 0 Å². The summed E-state index contributed by atoms with van der Waals surface area (Å²) in [5.41, 5.74) is 0. The van der Waals surface area contributed by atoms with E-state index in [1.54, 1.807) is 0 Å². The second-order valence-corrected chi connectivity index (χ2v) is 7.46. The van der Waals surface area contributed by atoms with Gasteiger partial charge in [-0.2, -0.15) is 0 Å². The van der Waals surface area contributed by atoms with Gasteiger partial charge in [0.25, 0.3) is 0 Å². The van der Waals surface area contributed by atoms with Gasteiger partial charge >= 0.3 is 5.97 Å². The van der Waals surface area contributed by atoms with Crippen molar-refractivity contribution in [2.75, 3.05) is 5.33 Å². The van der Waals surface area contributed by atoms with Crippen LogP contribution in [0, 0.1) is 0 Å². The molecule has 0 spiro atoms. The summed E-state index contributed by atoms with van der Waals surface area (Å²) in [7, 11) is 0. The molecule has 1 atom stereocenters. The average Bonchev–Trinajstić information content (AvgIpc) is 2.54. The van der Waals surface area contributed by atoms with Crippen molar-refractivity contribution in [2.45, 2.75) is 116 Å². The van der Waals surface area contributed by atoms with Gasteiger partial charge in [0.1, 0.15) is 6.10 Å². The molecule has 0 N–H and O–H groups in total. The topological polar surface area (TPSA) is 26.3 Å². The van der Waals surface area contributed by atoms with Gasteiger partial charge in [0.15, 0.2) is 0 Å². The zero-order valence-corrected chi connectivity index (χ0v) is 17.2. The van der Waals surface area contributed by atoms with E-state index >= 15 is 0 Å². The molecule has 0 aromatic heterocycles. The Hall–Kier alpha value is -0.0500. The summed E-state index contributed by atoms with van der Waals surface area (Å²) >= 11 is 3.42. The molecule has 138 valence electrons. The Balaban J connectivity index is 3.66. The Morgan fingerprint density at radius 3 is 2.00 bits per heavy atom. The SMILES string of the molecule is CCCCCCCCCCC(CCC)OC(=O)CCCCCBr. The van der Waals surface area contributed by atoms with Crippen LogP contribution in [0.25, 0.3) is 0 Å². The summed E-state index contributed by atoms with van der Waals surface area (Å²) in [6, 6.07) is 0. The van der Waals surface area contributed by atoms with Crippen molar-refractivity contribution in [3.63, 3.8) is 0 Å². The molecule has 0 rings (SSSR count). The summed E-state index contributed by atoms with van der Waals surface area (Å²) in [6.45, 7) is 4.43. The Morgan fingerprint density at radius 2 is 1.39 bits per heavy atom. The highest BCUT2D eigenvalue weighted by Crippen LogP contribution is 2.16. The van der Waals surface area contributed by atoms with Gasteiger partial charge in [-0.05, 0) is 32.1 Å². The smallest absolute Gasteiger partial charge is 0.306 e. The van der Waals surface area contributed by atoms with Crippen LogP contribution in [-0.2, 0) is 9.53 Å². The highest BCUT2D eigenvalue weighted by molar-refractivity contribution is 9.09. The van der Waals surface area contributed by atoms with Crippen LogP contribution in [-0.4, -0.2) is 17.4 Å². The average molecular weight is 391 g/mol. The monoisotopic (exact) mass is 390 g/mol. The van der Waals surface area contributed by atoms with Crippen LogP contribution in [0.3, 0.4) is 0 Å². The maximum Gasteiger partial charge on any atom is 0.306 e. The Kier molecular flexibility index (Phi) is 18.3. The van der Waals surface area contributed by atoms with Gasteiger partial charge in [-0.1, -0.05) is 87.6 Å². The Morgan fingerprint density at radius 1 is 0.783 bits per heavy atom. The molecule has 0 aromatic rings. The summed E-state index contributed by atoms with van der Waals surface area (Å²) in [6.07, 6.45) is 17.8. The van der Waals surface area contributed by atoms with Crippen LogP contribution < -0.4 is 0 Å². The second kappa shape index (κ2) is 18.3. The number of ether oxygens (including phenoxy) is 1. The predicted octanol–water partition coefficient (Wildman–Crippen LogP) is 7.18. The molecule has 0 aliphatic rings. The van der Waals surface area contributed by atoms with Crippen molar-refractivity contribution in [1.82, 2.24) is 0 Å². The molecule has 3 heteroatoms. The minimum Gasteiger partial charge on any atom is -0.462 e. The van der Waals surface area contributed by atoms with Crippen LogP contribution in [0.1, 0.15) is 110 Å². The van der Waals surface area contributed by atoms with E-state index in [1.165, 1.54) is 51.4 Å². The van der Waals surface area contributed by atoms with E-state index in [-0.39, 0.29) is 12.1 Å². The third-order valence-corrected chi connectivity index (χ3v) is 4.86. The van der Waals surface area contributed by atoms with Crippen molar-refractivity contribution in [2.24, 2.45) is 0 Å². The summed E-state index contributed by atoms with van der Waals surface area (Å²) in [5, 5.41) is 1.03. The number of esters is 1. The fourth-order valence-electron chi connectivity index (χ4n) is 2.88. The molecule has 0 radical (unpaired) electrons. The molecule has 0 saturated heterocycles. The second-order valence-electron chi connectivity index (χ2n) is 6.66. The Labute approximate surface area is 153 Å². The van der Waals surface area contributed by atoms with Crippen molar-refractivity contribution in [3.05, 3.63) is 0 Å². The lowest BCUT2D eigenvalue weighted by Crippen LogP contribution is -2.18. The molecule has 0 heterocycles. The lowest BCUT2D eigenvalue weighted by molar-refractivity contribution is -0.150. The highest BCUT2D eigenvalue weighted by Gasteiger charge is 2.13. The molecule has 0 amide bonds. The van der Waals surface area contributed by atoms with Gasteiger partial charge in [-0.15, -0.1) is 0 Å². The number of carbonyl (C=O) groups excluding carboxylic acids is 1. The quantitative estimate of drug-likeness (QED) is 0.149. The number of halogens is 1. The molecule has 0 aromatic carbocycles. The fraction of sp³-hybridized carbons (Fsp3) is 0.950. The van der Waals surface area contributed by atoms with E-state index in [0.29, 0.717) is 6.42 Å².